The molecule has 0 heterocycles. The van der Waals surface area contributed by atoms with Gasteiger partial charge in [0.25, 0.3) is 0 Å². The molecule has 0 saturated heterocycles. The van der Waals surface area contributed by atoms with Crippen LogP contribution in [0.4, 0.5) is 0 Å². The molecule has 0 amide bonds. The Balaban J connectivity index is 2.64. The highest BCUT2D eigenvalue weighted by atomic mass is 32.2. The van der Waals surface area contributed by atoms with E-state index in [4.69, 9.17) is 5.26 Å². The smallest absolute Gasteiger partial charge is 0.146 e. The maximum Gasteiger partial charge on any atom is 0.146 e. The van der Waals surface area contributed by atoms with E-state index >= 15 is 0 Å². The van der Waals surface area contributed by atoms with Crippen molar-refractivity contribution < 1.29 is 9.59 Å². The summed E-state index contributed by atoms with van der Waals surface area (Å²) >= 11 is 5.74. The first-order valence-corrected chi connectivity index (χ1v) is 8.27. The zero-order valence-electron chi connectivity index (χ0n) is 11.5. The van der Waals surface area contributed by atoms with Crippen LogP contribution in [0.25, 0.3) is 0 Å². The zero-order chi connectivity index (χ0) is 14.5. The molecular weight excluding hydrogens is 278 g/mol. The summed E-state index contributed by atoms with van der Waals surface area (Å²) in [4.78, 5) is 23.7. The Morgan fingerprint density at radius 2 is 2.05 bits per heavy atom. The Hall–Kier alpha value is -0.470. The number of nitrogens with zero attached hydrogens (tertiary/aromatic N) is 1. The van der Waals surface area contributed by atoms with Gasteiger partial charge in [-0.1, -0.05) is 6.42 Å². The molecule has 5 heteroatoms. The number of carbonyl (C=O) groups is 2. The summed E-state index contributed by atoms with van der Waals surface area (Å²) in [6.07, 6.45) is 3.73. The molecule has 3 atom stereocenters. The van der Waals surface area contributed by atoms with Gasteiger partial charge in [0.2, 0.25) is 0 Å². The van der Waals surface area contributed by atoms with E-state index in [2.05, 4.69) is 18.7 Å². The fraction of sp³-hybridized carbons (Fsp3) is 0.786. The quantitative estimate of drug-likeness (QED) is 0.553. The van der Waals surface area contributed by atoms with Gasteiger partial charge in [-0.25, -0.2) is 0 Å². The van der Waals surface area contributed by atoms with Crippen molar-refractivity contribution in [2.45, 2.75) is 44.3 Å². The van der Waals surface area contributed by atoms with Crippen LogP contribution in [-0.4, -0.2) is 27.8 Å². The van der Waals surface area contributed by atoms with Crippen LogP contribution in [0.2, 0.25) is 0 Å². The van der Waals surface area contributed by atoms with Crippen LogP contribution < -0.4 is 0 Å². The number of rotatable bonds is 8. The lowest BCUT2D eigenvalue weighted by Crippen LogP contribution is -2.58. The van der Waals surface area contributed by atoms with Gasteiger partial charge in [0, 0.05) is 0 Å². The molecule has 0 radical (unpaired) electrons. The third-order valence-electron chi connectivity index (χ3n) is 3.79. The molecule has 1 aliphatic rings. The highest BCUT2D eigenvalue weighted by Gasteiger charge is 2.59. The molecule has 1 fully saturated rings. The van der Waals surface area contributed by atoms with E-state index in [1.807, 2.05) is 0 Å². The molecular formula is C14H21NO2S2. The summed E-state index contributed by atoms with van der Waals surface area (Å²) in [6, 6.07) is 2.16. The maximum absolute atomic E-state index is 11.9. The van der Waals surface area contributed by atoms with E-state index in [0.717, 1.165) is 30.8 Å². The molecule has 0 N–H and O–H groups in total. The first-order valence-electron chi connectivity index (χ1n) is 6.65. The van der Waals surface area contributed by atoms with Gasteiger partial charge in [0.15, 0.2) is 0 Å². The first-order chi connectivity index (χ1) is 8.99. The van der Waals surface area contributed by atoms with Crippen LogP contribution >= 0.6 is 24.4 Å². The van der Waals surface area contributed by atoms with Crippen molar-refractivity contribution in [3.05, 3.63) is 0 Å². The van der Waals surface area contributed by atoms with E-state index in [9.17, 15) is 9.59 Å². The number of ketones is 2. The minimum atomic E-state index is -0.632. The second kappa shape index (κ2) is 7.35. The van der Waals surface area contributed by atoms with Gasteiger partial charge < -0.3 is 0 Å². The highest BCUT2D eigenvalue weighted by Crippen LogP contribution is 2.53. The van der Waals surface area contributed by atoms with Crippen LogP contribution in [-0.2, 0) is 9.59 Å². The lowest BCUT2D eigenvalue weighted by atomic mass is 9.61. The summed E-state index contributed by atoms with van der Waals surface area (Å²) < 4.78 is -0.632. The van der Waals surface area contributed by atoms with Gasteiger partial charge in [-0.2, -0.15) is 17.9 Å². The van der Waals surface area contributed by atoms with Crippen molar-refractivity contribution in [2.75, 3.05) is 11.5 Å². The predicted molar refractivity (Wildman–Crippen MR) is 81.5 cm³/mol. The molecule has 0 spiro atoms. The summed E-state index contributed by atoms with van der Waals surface area (Å²) in [5.41, 5.74) is 0. The van der Waals surface area contributed by atoms with Crippen molar-refractivity contribution >= 4 is 36.0 Å². The number of Topliss-reactive ketones (excluding diaryl/α,β-unsaturated/α-hetero) is 2. The maximum atomic E-state index is 11.9. The van der Waals surface area contributed by atoms with Gasteiger partial charge in [0.05, 0.1) is 22.7 Å². The van der Waals surface area contributed by atoms with Gasteiger partial charge in [-0.15, -0.1) is 11.8 Å². The van der Waals surface area contributed by atoms with E-state index in [1.54, 1.807) is 18.7 Å². The van der Waals surface area contributed by atoms with Crippen LogP contribution in [0.5, 0.6) is 0 Å². The third-order valence-corrected chi connectivity index (χ3v) is 5.82. The number of hydrogen-bond donors (Lipinski definition) is 1. The molecule has 1 aliphatic carbocycles. The minimum Gasteiger partial charge on any atom is -0.300 e. The molecule has 106 valence electrons. The SMILES string of the molecule is CC(=O)[C@@H]1[C@H](C#N)C[C@]1(SCCCCCS)C(C)=O. The van der Waals surface area contributed by atoms with Gasteiger partial charge in [-0.3, -0.25) is 9.59 Å². The van der Waals surface area contributed by atoms with Crippen molar-refractivity contribution in [1.82, 2.24) is 0 Å². The van der Waals surface area contributed by atoms with Crippen molar-refractivity contribution in [1.29, 1.82) is 5.26 Å². The van der Waals surface area contributed by atoms with Gasteiger partial charge in [-0.05, 0) is 44.6 Å². The Labute approximate surface area is 124 Å². The lowest BCUT2D eigenvalue weighted by Gasteiger charge is -2.49. The first kappa shape index (κ1) is 16.6. The fourth-order valence-electron chi connectivity index (χ4n) is 2.73. The molecule has 0 unspecified atom stereocenters. The van der Waals surface area contributed by atoms with E-state index in [-0.39, 0.29) is 17.5 Å². The van der Waals surface area contributed by atoms with Crippen LogP contribution in [0.1, 0.15) is 39.5 Å². The summed E-state index contributed by atoms with van der Waals surface area (Å²) in [7, 11) is 0. The third kappa shape index (κ3) is 3.55. The van der Waals surface area contributed by atoms with Crippen LogP contribution in [0.15, 0.2) is 0 Å². The standard InChI is InChI=1S/C14H21NO2S2/c1-10(16)13-12(9-15)8-14(13,11(2)17)19-7-5-3-4-6-18/h12-13,18H,3-8H2,1-2H3/t12-,13+,14-/m0/s1. The highest BCUT2D eigenvalue weighted by molar-refractivity contribution is 8.01. The number of carbonyl (C=O) groups excluding carboxylic acids is 2. The Kier molecular flexibility index (Phi) is 6.41. The van der Waals surface area contributed by atoms with E-state index in [0.29, 0.717) is 6.42 Å². The molecule has 3 nitrogen and oxygen atoms in total. The molecule has 19 heavy (non-hydrogen) atoms. The normalized spacial score (nSPS) is 29.4. The minimum absolute atomic E-state index is 0.0316. The van der Waals surface area contributed by atoms with Crippen molar-refractivity contribution in [3.63, 3.8) is 0 Å². The van der Waals surface area contributed by atoms with Crippen molar-refractivity contribution in [3.8, 4) is 6.07 Å². The molecule has 1 saturated carbocycles. The van der Waals surface area contributed by atoms with Crippen molar-refractivity contribution in [2.24, 2.45) is 11.8 Å². The number of thiol groups is 1. The number of hydrogen-bond acceptors (Lipinski definition) is 5. The second-order valence-corrected chi connectivity index (χ2v) is 6.98. The molecule has 0 bridgehead atoms. The van der Waals surface area contributed by atoms with Crippen LogP contribution in [0.3, 0.4) is 0 Å². The topological polar surface area (TPSA) is 57.9 Å². The fourth-order valence-corrected chi connectivity index (χ4v) is 4.67. The summed E-state index contributed by atoms with van der Waals surface area (Å²) in [5, 5.41) is 9.03. The van der Waals surface area contributed by atoms with E-state index < -0.39 is 10.7 Å². The van der Waals surface area contributed by atoms with E-state index in [1.165, 1.54) is 6.92 Å². The number of nitriles is 1. The Morgan fingerprint density at radius 3 is 2.53 bits per heavy atom. The number of unbranched alkanes of at least 4 members (excludes halogenated alkanes) is 2. The Bertz CT molecular complexity index is 391. The molecule has 0 aliphatic heterocycles. The molecule has 0 aromatic heterocycles. The largest absolute Gasteiger partial charge is 0.300 e. The Morgan fingerprint density at radius 1 is 1.37 bits per heavy atom. The monoisotopic (exact) mass is 299 g/mol. The lowest BCUT2D eigenvalue weighted by molar-refractivity contribution is -0.135. The predicted octanol–water partition coefficient (Wildman–Crippen LogP) is 2.90. The molecule has 0 aromatic carbocycles. The second-order valence-electron chi connectivity index (χ2n) is 5.11. The average molecular weight is 299 g/mol. The average Bonchev–Trinajstić information content (AvgIpc) is 2.30. The summed E-state index contributed by atoms with van der Waals surface area (Å²) in [6.45, 7) is 3.04. The number of thioether (sulfide) groups is 1. The summed E-state index contributed by atoms with van der Waals surface area (Å²) in [5.74, 6) is 1.06. The van der Waals surface area contributed by atoms with Gasteiger partial charge >= 0.3 is 0 Å². The van der Waals surface area contributed by atoms with Gasteiger partial charge in [0.1, 0.15) is 11.6 Å². The molecule has 0 aromatic rings. The van der Waals surface area contributed by atoms with Crippen LogP contribution in [0, 0.1) is 23.2 Å². The molecule has 1 rings (SSSR count). The zero-order valence-corrected chi connectivity index (χ0v) is 13.2.